The number of rotatable bonds is 5. The number of anilines is 2. The molecule has 4 aromatic rings. The first-order valence-corrected chi connectivity index (χ1v) is 10.8. The van der Waals surface area contributed by atoms with Crippen LogP contribution in [0.25, 0.3) is 11.0 Å². The zero-order chi connectivity index (χ0) is 23.8. The lowest BCUT2D eigenvalue weighted by atomic mass is 9.95. The average Bonchev–Trinajstić information content (AvgIpc) is 3.22. The van der Waals surface area contributed by atoms with Gasteiger partial charge in [0, 0.05) is 29.6 Å². The van der Waals surface area contributed by atoms with E-state index in [9.17, 15) is 4.79 Å². The minimum atomic E-state index is -0.487. The fourth-order valence-corrected chi connectivity index (χ4v) is 4.41. The molecule has 1 aliphatic rings. The Morgan fingerprint density at radius 1 is 1.12 bits per heavy atom. The molecule has 2 aromatic carbocycles. The third kappa shape index (κ3) is 3.60. The molecule has 3 heterocycles. The molecule has 0 unspecified atom stereocenters. The van der Waals surface area contributed by atoms with E-state index >= 15 is 0 Å². The molecule has 0 saturated heterocycles. The molecule has 2 N–H and O–H groups in total. The lowest BCUT2D eigenvalue weighted by Crippen LogP contribution is -2.31. The Kier molecular flexibility index (Phi) is 5.54. The quantitative estimate of drug-likeness (QED) is 0.439. The maximum Gasteiger partial charge on any atom is 0.255 e. The Balaban J connectivity index is 1.63. The van der Waals surface area contributed by atoms with Gasteiger partial charge in [0.05, 0.1) is 53.8 Å². The molecule has 0 radical (unpaired) electrons. The number of allylic oxidation sites excluding steroid dienone is 1. The summed E-state index contributed by atoms with van der Waals surface area (Å²) < 4.78 is 12.7. The van der Waals surface area contributed by atoms with E-state index in [1.54, 1.807) is 24.5 Å². The fourth-order valence-electron chi connectivity index (χ4n) is 4.18. The predicted octanol–water partition coefficient (Wildman–Crippen LogP) is 4.42. The second-order valence-corrected chi connectivity index (χ2v) is 8.08. The minimum absolute atomic E-state index is 0.321. The van der Waals surface area contributed by atoms with E-state index in [1.807, 2.05) is 41.8 Å². The molecular weight excluding hydrogens is 456 g/mol. The summed E-state index contributed by atoms with van der Waals surface area (Å²) in [5.41, 5.74) is 4.10. The number of hydrogen-bond donors (Lipinski definition) is 2. The van der Waals surface area contributed by atoms with Crippen LogP contribution in [0.5, 0.6) is 11.5 Å². The van der Waals surface area contributed by atoms with Crippen molar-refractivity contribution in [2.45, 2.75) is 13.0 Å². The van der Waals surface area contributed by atoms with E-state index in [2.05, 4.69) is 20.8 Å². The zero-order valence-electron chi connectivity index (χ0n) is 18.7. The number of nitrogens with one attached hydrogen (secondary N) is 2. The van der Waals surface area contributed by atoms with E-state index < -0.39 is 6.04 Å². The van der Waals surface area contributed by atoms with Gasteiger partial charge in [-0.3, -0.25) is 9.36 Å². The van der Waals surface area contributed by atoms with Crippen molar-refractivity contribution < 1.29 is 14.3 Å². The van der Waals surface area contributed by atoms with Crippen molar-refractivity contribution in [2.75, 3.05) is 24.9 Å². The Morgan fingerprint density at radius 2 is 1.91 bits per heavy atom. The van der Waals surface area contributed by atoms with Gasteiger partial charge in [-0.15, -0.1) is 0 Å². The Labute approximate surface area is 200 Å². The van der Waals surface area contributed by atoms with Crippen molar-refractivity contribution in [1.29, 1.82) is 0 Å². The topological polar surface area (TPSA) is 103 Å². The number of nitrogens with zero attached hydrogens (tertiary/aromatic N) is 4. The van der Waals surface area contributed by atoms with Gasteiger partial charge in [-0.2, -0.15) is 10.2 Å². The van der Waals surface area contributed by atoms with Crippen molar-refractivity contribution in [3.8, 4) is 11.5 Å². The van der Waals surface area contributed by atoms with Crippen LogP contribution >= 0.6 is 11.6 Å². The largest absolute Gasteiger partial charge is 0.495 e. The first-order chi connectivity index (χ1) is 16.5. The van der Waals surface area contributed by atoms with Crippen LogP contribution in [0.4, 0.5) is 11.6 Å². The number of aromatic nitrogens is 4. The molecule has 0 bridgehead atoms. The van der Waals surface area contributed by atoms with E-state index in [0.717, 1.165) is 16.6 Å². The zero-order valence-corrected chi connectivity index (χ0v) is 19.4. The Morgan fingerprint density at radius 3 is 2.65 bits per heavy atom. The minimum Gasteiger partial charge on any atom is -0.495 e. The molecule has 2 aromatic heterocycles. The Hall–Kier alpha value is -4.11. The third-order valence-electron chi connectivity index (χ3n) is 5.72. The number of carbonyl (C=O) groups excluding carboxylic acids is 1. The predicted molar refractivity (Wildman–Crippen MR) is 129 cm³/mol. The highest BCUT2D eigenvalue weighted by Crippen LogP contribution is 2.41. The molecule has 1 aliphatic heterocycles. The maximum absolute atomic E-state index is 13.8. The number of ether oxygens (including phenoxy) is 2. The van der Waals surface area contributed by atoms with Crippen LogP contribution in [0.15, 0.2) is 66.1 Å². The van der Waals surface area contributed by atoms with Crippen molar-refractivity contribution in [2.24, 2.45) is 0 Å². The van der Waals surface area contributed by atoms with Crippen LogP contribution in [-0.4, -0.2) is 39.9 Å². The lowest BCUT2D eigenvalue weighted by molar-refractivity contribution is -0.113. The number of methoxy groups -OCH3 is 2. The summed E-state index contributed by atoms with van der Waals surface area (Å²) in [4.78, 5) is 18.5. The second-order valence-electron chi connectivity index (χ2n) is 7.68. The Bertz CT molecular complexity index is 1430. The van der Waals surface area contributed by atoms with Crippen molar-refractivity contribution in [1.82, 2.24) is 19.7 Å². The lowest BCUT2D eigenvalue weighted by Gasteiger charge is -2.30. The molecule has 9 nitrogen and oxygen atoms in total. The van der Waals surface area contributed by atoms with Gasteiger partial charge in [-0.05, 0) is 25.1 Å². The number of amides is 1. The van der Waals surface area contributed by atoms with Gasteiger partial charge in [0.25, 0.3) is 5.91 Å². The average molecular weight is 477 g/mol. The van der Waals surface area contributed by atoms with Crippen LogP contribution in [-0.2, 0) is 4.79 Å². The highest BCUT2D eigenvalue weighted by atomic mass is 35.5. The molecule has 10 heteroatoms. The fraction of sp³-hybridized carbons (Fsp3) is 0.167. The number of imidazole rings is 1. The molecule has 0 saturated carbocycles. The third-order valence-corrected chi connectivity index (χ3v) is 6.02. The standard InChI is InChI=1S/C24H21ClN6O3/c1-13-21(23(32)29-17-11-19(33-2)15(25)10-20(17)34-3)22(14-8-9-26-27-12-14)31-18-7-5-4-6-16(18)30-24(31)28-13/h4-12,22H,1-3H3,(H,28,30)(H,29,32)/t22-/m1/s1. The maximum atomic E-state index is 13.8. The summed E-state index contributed by atoms with van der Waals surface area (Å²) in [5.74, 6) is 1.15. The first-order valence-electron chi connectivity index (χ1n) is 10.5. The molecule has 0 spiro atoms. The van der Waals surface area contributed by atoms with Crippen LogP contribution in [0.1, 0.15) is 18.5 Å². The van der Waals surface area contributed by atoms with Crippen molar-refractivity contribution in [3.63, 3.8) is 0 Å². The summed E-state index contributed by atoms with van der Waals surface area (Å²) in [5, 5.41) is 14.6. The van der Waals surface area contributed by atoms with Crippen molar-refractivity contribution in [3.05, 3.63) is 76.7 Å². The summed E-state index contributed by atoms with van der Waals surface area (Å²) >= 11 is 6.23. The van der Waals surface area contributed by atoms with Crippen LogP contribution < -0.4 is 20.1 Å². The normalized spacial score (nSPS) is 15.0. The van der Waals surface area contributed by atoms with Gasteiger partial charge < -0.3 is 20.1 Å². The van der Waals surface area contributed by atoms with E-state index in [1.165, 1.54) is 14.2 Å². The van der Waals surface area contributed by atoms with E-state index in [0.29, 0.717) is 39.4 Å². The summed E-state index contributed by atoms with van der Waals surface area (Å²) in [6, 6.07) is 12.4. The van der Waals surface area contributed by atoms with E-state index in [-0.39, 0.29) is 5.91 Å². The molecule has 5 rings (SSSR count). The number of benzene rings is 2. The summed E-state index contributed by atoms with van der Waals surface area (Å²) in [7, 11) is 3.02. The summed E-state index contributed by atoms with van der Waals surface area (Å²) in [6.45, 7) is 1.85. The van der Waals surface area contributed by atoms with Gasteiger partial charge in [0.15, 0.2) is 0 Å². The van der Waals surface area contributed by atoms with Gasteiger partial charge in [0.2, 0.25) is 5.95 Å². The summed E-state index contributed by atoms with van der Waals surface area (Å²) in [6.07, 6.45) is 3.26. The van der Waals surface area contributed by atoms with Crippen molar-refractivity contribution >= 4 is 40.2 Å². The van der Waals surface area contributed by atoms with Gasteiger partial charge in [0.1, 0.15) is 11.5 Å². The number of halogens is 1. The number of carbonyl (C=O) groups is 1. The number of fused-ring (bicyclic) bond motifs is 3. The van der Waals surface area contributed by atoms with Gasteiger partial charge in [-0.1, -0.05) is 23.7 Å². The van der Waals surface area contributed by atoms with Crippen LogP contribution in [0.2, 0.25) is 5.02 Å². The van der Waals surface area contributed by atoms with Gasteiger partial charge >= 0.3 is 0 Å². The van der Waals surface area contributed by atoms with Crippen LogP contribution in [0, 0.1) is 0 Å². The highest BCUT2D eigenvalue weighted by Gasteiger charge is 2.34. The van der Waals surface area contributed by atoms with Gasteiger partial charge in [-0.25, -0.2) is 4.98 Å². The molecule has 34 heavy (non-hydrogen) atoms. The smallest absolute Gasteiger partial charge is 0.255 e. The highest BCUT2D eigenvalue weighted by molar-refractivity contribution is 6.32. The first kappa shape index (κ1) is 21.7. The molecule has 0 fully saturated rings. The van der Waals surface area contributed by atoms with Crippen LogP contribution in [0.3, 0.4) is 0 Å². The van der Waals surface area contributed by atoms with E-state index in [4.69, 9.17) is 26.1 Å². The molecule has 172 valence electrons. The monoisotopic (exact) mass is 476 g/mol. The molecular formula is C24H21ClN6O3. The molecule has 0 aliphatic carbocycles. The molecule has 1 amide bonds. The SMILES string of the molecule is COc1cc(NC(=O)C2=C(C)Nc3nc4ccccc4n3[C@@H]2c2ccnnc2)c(OC)cc1Cl. The molecule has 1 atom stereocenters. The second kappa shape index (κ2) is 8.68. The number of para-hydroxylation sites is 2. The number of hydrogen-bond acceptors (Lipinski definition) is 7.